The summed E-state index contributed by atoms with van der Waals surface area (Å²) in [4.78, 5) is 8.86. The van der Waals surface area contributed by atoms with Gasteiger partial charge in [0.1, 0.15) is 11.6 Å². The largest absolute Gasteiger partial charge is 0.497 e. The van der Waals surface area contributed by atoms with E-state index in [0.29, 0.717) is 11.6 Å². The lowest BCUT2D eigenvalue weighted by Gasteiger charge is -2.06. The van der Waals surface area contributed by atoms with Gasteiger partial charge in [0.05, 0.1) is 19.0 Å². The normalized spacial score (nSPS) is 10.6. The van der Waals surface area contributed by atoms with Crippen molar-refractivity contribution in [1.82, 2.24) is 19.7 Å². The lowest BCUT2D eigenvalue weighted by Crippen LogP contribution is -1.98. The molecular formula is C15H15N5O. The Hall–Kier alpha value is -2.89. The highest BCUT2D eigenvalue weighted by atomic mass is 16.5. The predicted octanol–water partition coefficient (Wildman–Crippen LogP) is 2.13. The second-order valence-corrected chi connectivity index (χ2v) is 4.64. The molecule has 6 heteroatoms. The molecule has 0 bridgehead atoms. The zero-order valence-electron chi connectivity index (χ0n) is 11.8. The van der Waals surface area contributed by atoms with E-state index < -0.39 is 0 Å². The predicted molar refractivity (Wildman–Crippen MR) is 80.6 cm³/mol. The number of nitrogen functional groups attached to an aromatic ring is 1. The van der Waals surface area contributed by atoms with Crippen molar-refractivity contribution in [1.29, 1.82) is 0 Å². The molecule has 0 radical (unpaired) electrons. The molecule has 0 aliphatic heterocycles. The summed E-state index contributed by atoms with van der Waals surface area (Å²) in [7, 11) is 3.48. The summed E-state index contributed by atoms with van der Waals surface area (Å²) in [6.45, 7) is 0. The summed E-state index contributed by atoms with van der Waals surface area (Å²) in [6.07, 6.45) is 3.63. The summed E-state index contributed by atoms with van der Waals surface area (Å²) in [5.41, 5.74) is 8.40. The number of aromatic nitrogens is 4. The lowest BCUT2D eigenvalue weighted by atomic mass is 10.2. The molecule has 0 unspecified atom stereocenters. The molecule has 6 nitrogen and oxygen atoms in total. The highest BCUT2D eigenvalue weighted by molar-refractivity contribution is 5.66. The number of rotatable bonds is 3. The topological polar surface area (TPSA) is 78.9 Å². The van der Waals surface area contributed by atoms with Gasteiger partial charge in [0.15, 0.2) is 5.82 Å². The van der Waals surface area contributed by atoms with E-state index in [9.17, 15) is 0 Å². The van der Waals surface area contributed by atoms with Gasteiger partial charge >= 0.3 is 0 Å². The molecule has 0 amide bonds. The molecule has 21 heavy (non-hydrogen) atoms. The van der Waals surface area contributed by atoms with Gasteiger partial charge < -0.3 is 10.5 Å². The number of anilines is 1. The van der Waals surface area contributed by atoms with Crippen LogP contribution in [0.5, 0.6) is 5.75 Å². The van der Waals surface area contributed by atoms with Crippen molar-refractivity contribution in [3.05, 3.63) is 42.7 Å². The van der Waals surface area contributed by atoms with E-state index >= 15 is 0 Å². The van der Waals surface area contributed by atoms with Gasteiger partial charge in [0.25, 0.3) is 0 Å². The summed E-state index contributed by atoms with van der Waals surface area (Å²) in [5.74, 6) is 1.73. The van der Waals surface area contributed by atoms with E-state index in [-0.39, 0.29) is 0 Å². The van der Waals surface area contributed by atoms with Crippen molar-refractivity contribution in [3.8, 4) is 28.4 Å². The molecule has 2 aromatic heterocycles. The zero-order chi connectivity index (χ0) is 14.8. The standard InChI is InChI=1S/C15H15N5O/c1-20-9-11(8-17-20)13-7-14(16)19-15(18-13)10-4-3-5-12(6-10)21-2/h3-9H,1-2H3,(H2,16,18,19). The van der Waals surface area contributed by atoms with Crippen LogP contribution >= 0.6 is 0 Å². The number of benzene rings is 1. The third-order valence-corrected chi connectivity index (χ3v) is 3.07. The van der Waals surface area contributed by atoms with E-state index in [0.717, 1.165) is 22.6 Å². The molecule has 0 aliphatic rings. The molecule has 106 valence electrons. The molecule has 0 atom stereocenters. The number of hydrogen-bond acceptors (Lipinski definition) is 5. The van der Waals surface area contributed by atoms with Crippen molar-refractivity contribution < 1.29 is 4.74 Å². The van der Waals surface area contributed by atoms with Crippen molar-refractivity contribution in [2.45, 2.75) is 0 Å². The Morgan fingerprint density at radius 3 is 2.71 bits per heavy atom. The van der Waals surface area contributed by atoms with Gasteiger partial charge in [-0.15, -0.1) is 0 Å². The highest BCUT2D eigenvalue weighted by Crippen LogP contribution is 2.25. The van der Waals surface area contributed by atoms with Crippen molar-refractivity contribution in [2.24, 2.45) is 7.05 Å². The smallest absolute Gasteiger partial charge is 0.162 e. The minimum Gasteiger partial charge on any atom is -0.497 e. The zero-order valence-corrected chi connectivity index (χ0v) is 11.8. The molecule has 2 heterocycles. The second kappa shape index (κ2) is 5.24. The van der Waals surface area contributed by atoms with E-state index in [4.69, 9.17) is 10.5 Å². The van der Waals surface area contributed by atoms with E-state index in [1.165, 1.54) is 0 Å². The third-order valence-electron chi connectivity index (χ3n) is 3.07. The Kier molecular flexibility index (Phi) is 3.27. The van der Waals surface area contributed by atoms with Crippen LogP contribution in [0.3, 0.4) is 0 Å². The number of ether oxygens (including phenoxy) is 1. The molecule has 0 fully saturated rings. The summed E-state index contributed by atoms with van der Waals surface area (Å²) < 4.78 is 6.95. The van der Waals surface area contributed by atoms with Crippen LogP contribution < -0.4 is 10.5 Å². The fourth-order valence-corrected chi connectivity index (χ4v) is 2.06. The summed E-state index contributed by atoms with van der Waals surface area (Å²) >= 11 is 0. The molecule has 0 saturated heterocycles. The first-order chi connectivity index (χ1) is 10.2. The van der Waals surface area contributed by atoms with E-state index in [1.807, 2.05) is 37.5 Å². The Morgan fingerprint density at radius 1 is 1.14 bits per heavy atom. The minimum atomic E-state index is 0.418. The van der Waals surface area contributed by atoms with Gasteiger partial charge in [0, 0.05) is 30.4 Å². The average molecular weight is 281 g/mol. The number of nitrogens with two attached hydrogens (primary N) is 1. The van der Waals surface area contributed by atoms with Crippen LogP contribution in [0.15, 0.2) is 42.7 Å². The second-order valence-electron chi connectivity index (χ2n) is 4.64. The van der Waals surface area contributed by atoms with Crippen LogP contribution in [0.2, 0.25) is 0 Å². The Morgan fingerprint density at radius 2 is 2.00 bits per heavy atom. The number of aryl methyl sites for hydroxylation is 1. The van der Waals surface area contributed by atoms with Crippen LogP contribution in [-0.4, -0.2) is 26.9 Å². The molecule has 3 rings (SSSR count). The average Bonchev–Trinajstić information content (AvgIpc) is 2.93. The van der Waals surface area contributed by atoms with E-state index in [2.05, 4.69) is 15.1 Å². The monoisotopic (exact) mass is 281 g/mol. The van der Waals surface area contributed by atoms with Crippen LogP contribution in [0.1, 0.15) is 0 Å². The van der Waals surface area contributed by atoms with E-state index in [1.54, 1.807) is 24.1 Å². The first-order valence-electron chi connectivity index (χ1n) is 6.44. The first kappa shape index (κ1) is 13.1. The molecule has 2 N–H and O–H groups in total. The quantitative estimate of drug-likeness (QED) is 0.795. The Bertz CT molecular complexity index is 781. The van der Waals surface area contributed by atoms with Gasteiger partial charge in [-0.3, -0.25) is 4.68 Å². The van der Waals surface area contributed by atoms with Crippen molar-refractivity contribution in [3.63, 3.8) is 0 Å². The first-order valence-corrected chi connectivity index (χ1v) is 6.44. The van der Waals surface area contributed by atoms with Gasteiger partial charge in [-0.2, -0.15) is 5.10 Å². The lowest BCUT2D eigenvalue weighted by molar-refractivity contribution is 0.415. The Balaban J connectivity index is 2.09. The molecule has 1 aromatic carbocycles. The summed E-state index contributed by atoms with van der Waals surface area (Å²) in [6, 6.07) is 9.30. The van der Waals surface area contributed by atoms with Crippen LogP contribution in [-0.2, 0) is 7.05 Å². The van der Waals surface area contributed by atoms with Gasteiger partial charge in [-0.1, -0.05) is 12.1 Å². The Labute approximate surface area is 122 Å². The SMILES string of the molecule is COc1cccc(-c2nc(N)cc(-c3cnn(C)c3)n2)c1. The molecular weight excluding hydrogens is 266 g/mol. The molecule has 0 spiro atoms. The number of hydrogen-bond donors (Lipinski definition) is 1. The van der Waals surface area contributed by atoms with Crippen molar-refractivity contribution in [2.75, 3.05) is 12.8 Å². The maximum atomic E-state index is 5.90. The minimum absolute atomic E-state index is 0.418. The molecule has 3 aromatic rings. The van der Waals surface area contributed by atoms with Crippen molar-refractivity contribution >= 4 is 5.82 Å². The van der Waals surface area contributed by atoms with Crippen LogP contribution in [0.25, 0.3) is 22.6 Å². The third kappa shape index (κ3) is 2.69. The number of nitrogens with zero attached hydrogens (tertiary/aromatic N) is 4. The summed E-state index contributed by atoms with van der Waals surface area (Å²) in [5, 5.41) is 4.15. The van der Waals surface area contributed by atoms with Crippen LogP contribution in [0.4, 0.5) is 5.82 Å². The maximum absolute atomic E-state index is 5.90. The molecule has 0 aliphatic carbocycles. The maximum Gasteiger partial charge on any atom is 0.162 e. The molecule has 0 saturated carbocycles. The van der Waals surface area contributed by atoms with Gasteiger partial charge in [-0.05, 0) is 12.1 Å². The van der Waals surface area contributed by atoms with Crippen LogP contribution in [0, 0.1) is 0 Å². The highest BCUT2D eigenvalue weighted by Gasteiger charge is 2.09. The van der Waals surface area contributed by atoms with Gasteiger partial charge in [-0.25, -0.2) is 9.97 Å². The number of methoxy groups -OCH3 is 1. The fraction of sp³-hybridized carbons (Fsp3) is 0.133. The fourth-order valence-electron chi connectivity index (χ4n) is 2.06. The van der Waals surface area contributed by atoms with Gasteiger partial charge in [0.2, 0.25) is 0 Å².